The standard InChI is InChI=1S/C53H68F2N10O8/c1-52(2,3)46(58-50(69)71-8)48(67)57-43(22-33-13-10-32(11-14-33)12-15-34-16-19-45(56-25-34)63-26-36-17-18-37(27-63)65(36)38-30-73-31-38)44(66)29-64(61-49(68)47(53(4,5)6)59-51(70)72-9)28-39-40(54)23-35(24-41(39)55)42-20-21-62(7)60-42/h10-11,13-14,16,19-21,23-25,36-38,43-44,46-47,66H,17-18,22,26-31H2,1-9H3,(H,57,67)(H,58,69)(H,59,70)(H,61,68)/t36?,37?,43-,44-,46?,47+/m0/s1. The zero-order valence-electron chi connectivity index (χ0n) is 43.0. The van der Waals surface area contributed by atoms with Crippen molar-refractivity contribution in [2.24, 2.45) is 17.9 Å². The Morgan fingerprint density at radius 2 is 1.40 bits per heavy atom. The minimum Gasteiger partial charge on any atom is -0.453 e. The Morgan fingerprint density at radius 3 is 1.90 bits per heavy atom. The van der Waals surface area contributed by atoms with Gasteiger partial charge in [0.2, 0.25) is 5.91 Å². The topological polar surface area (TPSA) is 205 Å². The van der Waals surface area contributed by atoms with Crippen LogP contribution in [0.2, 0.25) is 0 Å². The molecule has 392 valence electrons. The van der Waals surface area contributed by atoms with E-state index in [9.17, 15) is 24.3 Å². The molecule has 3 unspecified atom stereocenters. The molecule has 2 aromatic heterocycles. The fraction of sp³-hybridized carbons (Fsp3) is 0.509. The van der Waals surface area contributed by atoms with Gasteiger partial charge in [0, 0.05) is 80.0 Å². The van der Waals surface area contributed by atoms with Crippen LogP contribution >= 0.6 is 0 Å². The number of aliphatic hydroxyl groups is 1. The SMILES string of the molecule is COC(=O)NC(C(=O)N[C@@H](Cc1ccc(C#Cc2ccc(N3CC4CCC(C3)N4C3COC3)nc2)cc1)[C@@H](O)CN(Cc1c(F)cc(-c2ccn(C)n2)cc1F)NC(=O)[C@@H](NC(=O)OC)C(C)(C)C)C(C)(C)C. The van der Waals surface area contributed by atoms with E-state index in [4.69, 9.17) is 19.2 Å². The number of nitrogens with zero attached hydrogens (tertiary/aromatic N) is 6. The number of fused-ring (bicyclic) bond motifs is 2. The summed E-state index contributed by atoms with van der Waals surface area (Å²) in [6, 6.07) is 13.1. The van der Waals surface area contributed by atoms with Gasteiger partial charge < -0.3 is 40.2 Å². The highest BCUT2D eigenvalue weighted by atomic mass is 19.1. The van der Waals surface area contributed by atoms with Gasteiger partial charge in [0.15, 0.2) is 0 Å². The number of aromatic nitrogens is 3. The van der Waals surface area contributed by atoms with E-state index in [0.29, 0.717) is 34.9 Å². The lowest BCUT2D eigenvalue weighted by Crippen LogP contribution is -2.62. The van der Waals surface area contributed by atoms with Gasteiger partial charge >= 0.3 is 12.2 Å². The van der Waals surface area contributed by atoms with Crippen molar-refractivity contribution in [2.75, 3.05) is 52.0 Å². The van der Waals surface area contributed by atoms with E-state index in [1.165, 1.54) is 24.6 Å². The number of benzene rings is 2. The molecule has 2 bridgehead atoms. The monoisotopic (exact) mass is 1010 g/mol. The number of carbonyl (C=O) groups excluding carboxylic acids is 4. The maximum Gasteiger partial charge on any atom is 0.407 e. The van der Waals surface area contributed by atoms with Crippen LogP contribution in [-0.2, 0) is 43.8 Å². The van der Waals surface area contributed by atoms with Crippen LogP contribution in [0.25, 0.3) is 11.3 Å². The first-order valence-electron chi connectivity index (χ1n) is 24.5. The molecule has 3 aliphatic heterocycles. The van der Waals surface area contributed by atoms with Crippen LogP contribution in [0.15, 0.2) is 67.0 Å². The van der Waals surface area contributed by atoms with Gasteiger partial charge in [-0.05, 0) is 78.1 Å². The first-order chi connectivity index (χ1) is 34.6. The van der Waals surface area contributed by atoms with Gasteiger partial charge in [0.25, 0.3) is 5.91 Å². The van der Waals surface area contributed by atoms with Gasteiger partial charge in [0.05, 0.1) is 51.3 Å². The summed E-state index contributed by atoms with van der Waals surface area (Å²) in [5, 5.41) is 25.6. The summed E-state index contributed by atoms with van der Waals surface area (Å²) in [5.74, 6) is 3.98. The molecule has 5 N–H and O–H groups in total. The van der Waals surface area contributed by atoms with Gasteiger partial charge in [-0.15, -0.1) is 0 Å². The Morgan fingerprint density at radius 1 is 0.822 bits per heavy atom. The molecule has 3 aliphatic rings. The van der Waals surface area contributed by atoms with Crippen LogP contribution < -0.4 is 26.3 Å². The number of ether oxygens (including phenoxy) is 3. The molecule has 0 aliphatic carbocycles. The van der Waals surface area contributed by atoms with E-state index >= 15 is 8.78 Å². The Kier molecular flexibility index (Phi) is 17.1. The number of pyridine rings is 1. The first-order valence-corrected chi connectivity index (χ1v) is 24.5. The van der Waals surface area contributed by atoms with Crippen LogP contribution in [0.1, 0.15) is 76.6 Å². The predicted octanol–water partition coefficient (Wildman–Crippen LogP) is 4.67. The van der Waals surface area contributed by atoms with Gasteiger partial charge in [-0.25, -0.2) is 28.4 Å². The van der Waals surface area contributed by atoms with Crippen LogP contribution in [0.4, 0.5) is 24.2 Å². The smallest absolute Gasteiger partial charge is 0.407 e. The first kappa shape index (κ1) is 54.1. The van der Waals surface area contributed by atoms with E-state index in [0.717, 1.165) is 61.9 Å². The second-order valence-corrected chi connectivity index (χ2v) is 21.2. The van der Waals surface area contributed by atoms with Crippen molar-refractivity contribution < 1.29 is 47.3 Å². The van der Waals surface area contributed by atoms with Crippen molar-refractivity contribution in [3.05, 3.63) is 101 Å². The number of amides is 4. The Labute approximate surface area is 425 Å². The Balaban J connectivity index is 1.12. The van der Waals surface area contributed by atoms with Crippen molar-refractivity contribution >= 4 is 29.8 Å². The number of carbonyl (C=O) groups is 4. The molecule has 2 aromatic carbocycles. The van der Waals surface area contributed by atoms with Crippen molar-refractivity contribution in [3.8, 4) is 23.1 Å². The lowest BCUT2D eigenvalue weighted by Gasteiger charge is -2.47. The van der Waals surface area contributed by atoms with Crippen LogP contribution in [0, 0.1) is 34.3 Å². The molecule has 0 radical (unpaired) electrons. The number of alkyl carbamates (subject to hydrolysis) is 2. The summed E-state index contributed by atoms with van der Waals surface area (Å²) >= 11 is 0. The number of hydrogen-bond donors (Lipinski definition) is 5. The average Bonchev–Trinajstić information content (AvgIpc) is 3.86. The van der Waals surface area contributed by atoms with Gasteiger partial charge in [0.1, 0.15) is 29.5 Å². The highest BCUT2D eigenvalue weighted by Crippen LogP contribution is 2.35. The maximum absolute atomic E-state index is 16.0. The van der Waals surface area contributed by atoms with E-state index < -0.39 is 89.3 Å². The summed E-state index contributed by atoms with van der Waals surface area (Å²) in [4.78, 5) is 62.9. The minimum absolute atomic E-state index is 0.0171. The van der Waals surface area contributed by atoms with E-state index in [1.54, 1.807) is 79.2 Å². The number of anilines is 1. The lowest BCUT2D eigenvalue weighted by atomic mass is 9.85. The quantitative estimate of drug-likeness (QED) is 0.0766. The molecule has 3 fully saturated rings. The van der Waals surface area contributed by atoms with E-state index in [-0.39, 0.29) is 12.0 Å². The van der Waals surface area contributed by atoms with Crippen molar-refractivity contribution in [1.82, 2.24) is 46.0 Å². The Bertz CT molecular complexity index is 2620. The zero-order valence-corrected chi connectivity index (χ0v) is 43.0. The molecule has 5 heterocycles. The van der Waals surface area contributed by atoms with E-state index in [1.807, 2.05) is 24.3 Å². The highest BCUT2D eigenvalue weighted by molar-refractivity contribution is 5.87. The third-order valence-electron chi connectivity index (χ3n) is 13.5. The Hall–Kier alpha value is -6.66. The summed E-state index contributed by atoms with van der Waals surface area (Å²) in [6.07, 6.45) is 2.52. The maximum atomic E-state index is 16.0. The summed E-state index contributed by atoms with van der Waals surface area (Å²) in [5.41, 5.74) is 3.10. The molecule has 0 spiro atoms. The minimum atomic E-state index is -1.55. The number of halogens is 2. The second kappa shape index (κ2) is 23.0. The third kappa shape index (κ3) is 13.7. The largest absolute Gasteiger partial charge is 0.453 e. The molecule has 18 nitrogen and oxygen atoms in total. The number of hydrazine groups is 1. The second-order valence-electron chi connectivity index (χ2n) is 21.2. The van der Waals surface area contributed by atoms with Crippen molar-refractivity contribution in [3.63, 3.8) is 0 Å². The highest BCUT2D eigenvalue weighted by Gasteiger charge is 2.45. The van der Waals surface area contributed by atoms with Crippen LogP contribution in [-0.4, -0.2) is 143 Å². The molecular weight excluding hydrogens is 943 g/mol. The summed E-state index contributed by atoms with van der Waals surface area (Å²) < 4.78 is 48.6. The number of hydrogen-bond acceptors (Lipinski definition) is 13. The molecule has 0 saturated carbocycles. The number of methoxy groups -OCH3 is 2. The summed E-state index contributed by atoms with van der Waals surface area (Å²) in [6.45, 7) is 12.7. The van der Waals surface area contributed by atoms with Crippen molar-refractivity contribution in [1.29, 1.82) is 0 Å². The third-order valence-corrected chi connectivity index (χ3v) is 13.5. The van der Waals surface area contributed by atoms with Crippen LogP contribution in [0.5, 0.6) is 0 Å². The number of nitrogens with one attached hydrogen (secondary N) is 4. The average molecular weight is 1010 g/mol. The lowest BCUT2D eigenvalue weighted by molar-refractivity contribution is -0.132. The van der Waals surface area contributed by atoms with Gasteiger partial charge in [-0.1, -0.05) is 65.5 Å². The van der Waals surface area contributed by atoms with E-state index in [2.05, 4.69) is 48.1 Å². The molecular formula is C53H68F2N10O8. The molecule has 3 saturated heterocycles. The molecule has 4 aromatic rings. The normalized spacial score (nSPS) is 18.6. The predicted molar refractivity (Wildman–Crippen MR) is 268 cm³/mol. The molecule has 6 atom stereocenters. The number of rotatable bonds is 16. The molecule has 4 amide bonds. The number of aryl methyl sites for hydroxylation is 1. The fourth-order valence-corrected chi connectivity index (χ4v) is 9.52. The van der Waals surface area contributed by atoms with Crippen LogP contribution in [0.3, 0.4) is 0 Å². The zero-order chi connectivity index (χ0) is 52.8. The molecule has 20 heteroatoms. The van der Waals surface area contributed by atoms with Crippen molar-refractivity contribution in [2.45, 2.75) is 110 Å². The summed E-state index contributed by atoms with van der Waals surface area (Å²) in [7, 11) is 3.99. The van der Waals surface area contributed by atoms with Gasteiger partial charge in [-0.3, -0.25) is 24.6 Å². The molecule has 73 heavy (non-hydrogen) atoms. The fourth-order valence-electron chi connectivity index (χ4n) is 9.52. The number of piperazine rings is 1. The molecule has 7 rings (SSSR count). The van der Waals surface area contributed by atoms with Gasteiger partial charge in [-0.2, -0.15) is 5.10 Å². The number of aliphatic hydroxyl groups excluding tert-OH is 1.